The SMILES string of the molecule is COc1ccccc1-c1ncc2ccc(CN)cn12. The molecule has 0 spiro atoms. The second-order valence-corrected chi connectivity index (χ2v) is 4.32. The Hall–Kier alpha value is -2.33. The summed E-state index contributed by atoms with van der Waals surface area (Å²) in [6.45, 7) is 0.513. The summed E-state index contributed by atoms with van der Waals surface area (Å²) in [5, 5.41) is 0. The van der Waals surface area contributed by atoms with Gasteiger partial charge in [-0.2, -0.15) is 0 Å². The summed E-state index contributed by atoms with van der Waals surface area (Å²) in [5.74, 6) is 1.68. The molecule has 0 bridgehead atoms. The van der Waals surface area contributed by atoms with Gasteiger partial charge in [0.1, 0.15) is 11.6 Å². The standard InChI is InChI=1S/C15H15N3O/c1-19-14-5-3-2-4-13(14)15-17-9-12-7-6-11(8-16)10-18(12)15/h2-7,9-10H,8,16H2,1H3. The molecule has 1 aromatic carbocycles. The highest BCUT2D eigenvalue weighted by Gasteiger charge is 2.11. The Balaban J connectivity index is 2.24. The van der Waals surface area contributed by atoms with Gasteiger partial charge in [0.2, 0.25) is 0 Å². The van der Waals surface area contributed by atoms with E-state index < -0.39 is 0 Å². The van der Waals surface area contributed by atoms with E-state index in [4.69, 9.17) is 10.5 Å². The Morgan fingerprint density at radius 1 is 1.21 bits per heavy atom. The molecule has 0 aliphatic rings. The predicted octanol–water partition coefficient (Wildman–Crippen LogP) is 2.47. The topological polar surface area (TPSA) is 52.5 Å². The van der Waals surface area contributed by atoms with Gasteiger partial charge in [0.15, 0.2) is 0 Å². The van der Waals surface area contributed by atoms with Gasteiger partial charge in [0.05, 0.1) is 24.4 Å². The highest BCUT2D eigenvalue weighted by Crippen LogP contribution is 2.29. The average molecular weight is 253 g/mol. The number of hydrogen-bond acceptors (Lipinski definition) is 3. The molecule has 2 aromatic heterocycles. The molecule has 4 nitrogen and oxygen atoms in total. The van der Waals surface area contributed by atoms with Crippen molar-refractivity contribution in [3.05, 3.63) is 54.4 Å². The molecule has 0 aliphatic carbocycles. The van der Waals surface area contributed by atoms with Crippen LogP contribution in [0.3, 0.4) is 0 Å². The highest BCUT2D eigenvalue weighted by atomic mass is 16.5. The molecule has 3 rings (SSSR count). The van der Waals surface area contributed by atoms with E-state index in [0.29, 0.717) is 6.54 Å². The minimum atomic E-state index is 0.513. The summed E-state index contributed by atoms with van der Waals surface area (Å²) >= 11 is 0. The number of para-hydroxylation sites is 1. The number of aromatic nitrogens is 2. The van der Waals surface area contributed by atoms with Crippen LogP contribution in [0.2, 0.25) is 0 Å². The van der Waals surface area contributed by atoms with Gasteiger partial charge in [0, 0.05) is 12.7 Å². The smallest absolute Gasteiger partial charge is 0.148 e. The quantitative estimate of drug-likeness (QED) is 0.780. The fraction of sp³-hybridized carbons (Fsp3) is 0.133. The maximum absolute atomic E-state index is 5.70. The van der Waals surface area contributed by atoms with E-state index in [1.165, 1.54) is 0 Å². The number of hydrogen-bond donors (Lipinski definition) is 1. The first-order chi connectivity index (χ1) is 9.33. The molecule has 0 fully saturated rings. The lowest BCUT2D eigenvalue weighted by molar-refractivity contribution is 0.416. The van der Waals surface area contributed by atoms with Gasteiger partial charge in [-0.25, -0.2) is 4.98 Å². The molecule has 4 heteroatoms. The van der Waals surface area contributed by atoms with Crippen molar-refractivity contribution in [1.82, 2.24) is 9.38 Å². The van der Waals surface area contributed by atoms with E-state index in [1.54, 1.807) is 7.11 Å². The Bertz CT molecular complexity index is 718. The number of methoxy groups -OCH3 is 1. The van der Waals surface area contributed by atoms with Crippen molar-refractivity contribution in [2.24, 2.45) is 5.73 Å². The van der Waals surface area contributed by atoms with Crippen LogP contribution in [0.5, 0.6) is 5.75 Å². The van der Waals surface area contributed by atoms with Gasteiger partial charge >= 0.3 is 0 Å². The van der Waals surface area contributed by atoms with E-state index in [9.17, 15) is 0 Å². The first-order valence-electron chi connectivity index (χ1n) is 6.13. The van der Waals surface area contributed by atoms with Crippen LogP contribution in [-0.4, -0.2) is 16.5 Å². The summed E-state index contributed by atoms with van der Waals surface area (Å²) in [6, 6.07) is 11.9. The lowest BCUT2D eigenvalue weighted by atomic mass is 10.2. The molecule has 0 saturated heterocycles. The van der Waals surface area contributed by atoms with Crippen molar-refractivity contribution in [3.63, 3.8) is 0 Å². The summed E-state index contributed by atoms with van der Waals surface area (Å²) in [5.41, 5.74) is 8.78. The normalized spacial score (nSPS) is 10.8. The monoisotopic (exact) mass is 253 g/mol. The Kier molecular flexibility index (Phi) is 2.93. The molecule has 0 radical (unpaired) electrons. The molecular formula is C15H15N3O. The third-order valence-electron chi connectivity index (χ3n) is 3.17. The van der Waals surface area contributed by atoms with Crippen molar-refractivity contribution >= 4 is 5.52 Å². The first kappa shape index (κ1) is 11.7. The molecule has 0 amide bonds. The second kappa shape index (κ2) is 4.74. The maximum Gasteiger partial charge on any atom is 0.148 e. The fourth-order valence-corrected chi connectivity index (χ4v) is 2.18. The molecule has 0 saturated carbocycles. The maximum atomic E-state index is 5.70. The number of nitrogens with two attached hydrogens (primary N) is 1. The lowest BCUT2D eigenvalue weighted by Gasteiger charge is -2.08. The molecule has 0 atom stereocenters. The summed E-state index contributed by atoms with van der Waals surface area (Å²) < 4.78 is 7.44. The van der Waals surface area contributed by atoms with E-state index in [1.807, 2.05) is 53.2 Å². The Morgan fingerprint density at radius 3 is 2.84 bits per heavy atom. The number of pyridine rings is 1. The van der Waals surface area contributed by atoms with Gasteiger partial charge in [0.25, 0.3) is 0 Å². The van der Waals surface area contributed by atoms with E-state index >= 15 is 0 Å². The van der Waals surface area contributed by atoms with Gasteiger partial charge in [-0.3, -0.25) is 4.40 Å². The van der Waals surface area contributed by atoms with Crippen LogP contribution in [0, 0.1) is 0 Å². The zero-order chi connectivity index (χ0) is 13.2. The molecule has 0 unspecified atom stereocenters. The van der Waals surface area contributed by atoms with Gasteiger partial charge in [-0.1, -0.05) is 18.2 Å². The molecule has 96 valence electrons. The molecule has 19 heavy (non-hydrogen) atoms. The fourth-order valence-electron chi connectivity index (χ4n) is 2.18. The molecule has 2 heterocycles. The van der Waals surface area contributed by atoms with E-state index in [-0.39, 0.29) is 0 Å². The predicted molar refractivity (Wildman–Crippen MR) is 75.1 cm³/mol. The summed E-state index contributed by atoms with van der Waals surface area (Å²) in [7, 11) is 1.67. The molecule has 0 aliphatic heterocycles. The molecular weight excluding hydrogens is 238 g/mol. The highest BCUT2D eigenvalue weighted by molar-refractivity contribution is 5.68. The van der Waals surface area contributed by atoms with Crippen LogP contribution in [0.4, 0.5) is 0 Å². The molecule has 3 aromatic rings. The van der Waals surface area contributed by atoms with E-state index in [0.717, 1.165) is 28.2 Å². The van der Waals surface area contributed by atoms with Crippen molar-refractivity contribution in [1.29, 1.82) is 0 Å². The number of imidazole rings is 1. The van der Waals surface area contributed by atoms with Crippen LogP contribution < -0.4 is 10.5 Å². The van der Waals surface area contributed by atoms with Crippen LogP contribution in [0.15, 0.2) is 48.8 Å². The number of ether oxygens (including phenoxy) is 1. The van der Waals surface area contributed by atoms with E-state index in [2.05, 4.69) is 4.98 Å². The number of fused-ring (bicyclic) bond motifs is 1. The minimum absolute atomic E-state index is 0.513. The van der Waals surface area contributed by atoms with Gasteiger partial charge in [-0.15, -0.1) is 0 Å². The minimum Gasteiger partial charge on any atom is -0.496 e. The first-order valence-corrected chi connectivity index (χ1v) is 6.13. The third-order valence-corrected chi connectivity index (χ3v) is 3.17. The second-order valence-electron chi connectivity index (χ2n) is 4.32. The Morgan fingerprint density at radius 2 is 2.05 bits per heavy atom. The van der Waals surface area contributed by atoms with Gasteiger partial charge in [-0.05, 0) is 23.8 Å². The lowest BCUT2D eigenvalue weighted by Crippen LogP contribution is -1.99. The number of benzene rings is 1. The van der Waals surface area contributed by atoms with Crippen LogP contribution in [0.1, 0.15) is 5.56 Å². The van der Waals surface area contributed by atoms with Gasteiger partial charge < -0.3 is 10.5 Å². The largest absolute Gasteiger partial charge is 0.496 e. The summed E-state index contributed by atoms with van der Waals surface area (Å²) in [4.78, 5) is 4.49. The zero-order valence-electron chi connectivity index (χ0n) is 10.7. The van der Waals surface area contributed by atoms with Crippen LogP contribution in [-0.2, 0) is 6.54 Å². The summed E-state index contributed by atoms with van der Waals surface area (Å²) in [6.07, 6.45) is 3.87. The van der Waals surface area contributed by atoms with Crippen molar-refractivity contribution in [2.45, 2.75) is 6.54 Å². The average Bonchev–Trinajstić information content (AvgIpc) is 2.89. The third kappa shape index (κ3) is 1.96. The zero-order valence-corrected chi connectivity index (χ0v) is 10.7. The number of nitrogens with zero attached hydrogens (tertiary/aromatic N) is 2. The van der Waals surface area contributed by atoms with Crippen molar-refractivity contribution in [3.8, 4) is 17.1 Å². The number of rotatable bonds is 3. The van der Waals surface area contributed by atoms with Crippen molar-refractivity contribution in [2.75, 3.05) is 7.11 Å². The van der Waals surface area contributed by atoms with Crippen LogP contribution >= 0.6 is 0 Å². The van der Waals surface area contributed by atoms with Crippen molar-refractivity contribution < 1.29 is 4.74 Å². The molecule has 2 N–H and O–H groups in total. The van der Waals surface area contributed by atoms with Crippen LogP contribution in [0.25, 0.3) is 16.9 Å². The Labute approximate surface area is 111 Å².